The maximum atomic E-state index is 11.7. The fraction of sp³-hybridized carbons (Fsp3) is 0.611. The van der Waals surface area contributed by atoms with Gasteiger partial charge in [-0.15, -0.1) is 0 Å². The lowest BCUT2D eigenvalue weighted by Gasteiger charge is -2.35. The Kier molecular flexibility index (Phi) is 5.39. The van der Waals surface area contributed by atoms with Crippen molar-refractivity contribution >= 4 is 6.09 Å². The number of fused-ring (bicyclic) bond motifs is 1. The monoisotopic (exact) mass is 318 g/mol. The molecule has 1 fully saturated rings. The van der Waals surface area contributed by atoms with Gasteiger partial charge < -0.3 is 14.4 Å². The number of nitrogens with zero attached hydrogens (tertiary/aromatic N) is 2. The van der Waals surface area contributed by atoms with Crippen LogP contribution in [0, 0.1) is 5.92 Å². The number of carbonyl (C=O) groups excluding carboxylic acids is 1. The van der Waals surface area contributed by atoms with Crippen LogP contribution in [0.5, 0.6) is 5.75 Å². The molecule has 5 heteroatoms. The van der Waals surface area contributed by atoms with Crippen molar-refractivity contribution in [3.05, 3.63) is 29.8 Å². The highest BCUT2D eigenvalue weighted by molar-refractivity contribution is 5.67. The number of piperazine rings is 1. The minimum atomic E-state index is -0.177. The zero-order valence-corrected chi connectivity index (χ0v) is 13.9. The lowest BCUT2D eigenvalue weighted by atomic mass is 9.96. The first kappa shape index (κ1) is 16.1. The van der Waals surface area contributed by atoms with Crippen LogP contribution in [0.25, 0.3) is 0 Å². The molecule has 1 aromatic carbocycles. The molecule has 1 amide bonds. The number of rotatable bonds is 3. The van der Waals surface area contributed by atoms with Crippen molar-refractivity contribution in [1.82, 2.24) is 9.80 Å². The molecule has 2 aliphatic rings. The van der Waals surface area contributed by atoms with E-state index < -0.39 is 0 Å². The molecule has 5 nitrogen and oxygen atoms in total. The predicted molar refractivity (Wildman–Crippen MR) is 88.8 cm³/mol. The van der Waals surface area contributed by atoms with Gasteiger partial charge in [-0.1, -0.05) is 18.2 Å². The molecule has 0 aromatic heterocycles. The minimum Gasteiger partial charge on any atom is -0.493 e. The highest BCUT2D eigenvalue weighted by Crippen LogP contribution is 2.27. The first-order valence-electron chi connectivity index (χ1n) is 8.61. The van der Waals surface area contributed by atoms with Crippen LogP contribution in [0.4, 0.5) is 4.79 Å². The number of hydrogen-bond acceptors (Lipinski definition) is 4. The Labute approximate surface area is 138 Å². The summed E-state index contributed by atoms with van der Waals surface area (Å²) in [6, 6.07) is 8.36. The van der Waals surface area contributed by atoms with Gasteiger partial charge in [-0.05, 0) is 37.3 Å². The van der Waals surface area contributed by atoms with E-state index in [0.29, 0.717) is 12.5 Å². The van der Waals surface area contributed by atoms with Gasteiger partial charge in [0.2, 0.25) is 0 Å². The van der Waals surface area contributed by atoms with E-state index in [-0.39, 0.29) is 6.09 Å². The normalized spacial score (nSPS) is 22.0. The van der Waals surface area contributed by atoms with Gasteiger partial charge in [0, 0.05) is 32.7 Å². The van der Waals surface area contributed by atoms with Crippen LogP contribution in [0.3, 0.4) is 0 Å². The standard InChI is InChI=1S/C18H26N2O3/c1-2-22-18(21)20-10-8-19(9-11-20)14-15-7-12-23-17-6-4-3-5-16(17)13-15/h3-6,15H,2,7-14H2,1H3. The summed E-state index contributed by atoms with van der Waals surface area (Å²) in [6.45, 7) is 7.55. The average molecular weight is 318 g/mol. The summed E-state index contributed by atoms with van der Waals surface area (Å²) in [4.78, 5) is 16.0. The van der Waals surface area contributed by atoms with Crippen molar-refractivity contribution in [3.63, 3.8) is 0 Å². The number of carbonyl (C=O) groups is 1. The molecule has 126 valence electrons. The second-order valence-corrected chi connectivity index (χ2v) is 6.30. The van der Waals surface area contributed by atoms with Crippen LogP contribution in [-0.4, -0.2) is 61.8 Å². The van der Waals surface area contributed by atoms with Gasteiger partial charge in [-0.3, -0.25) is 4.90 Å². The molecule has 0 bridgehead atoms. The van der Waals surface area contributed by atoms with Crippen LogP contribution in [0.2, 0.25) is 0 Å². The van der Waals surface area contributed by atoms with E-state index >= 15 is 0 Å². The van der Waals surface area contributed by atoms with Gasteiger partial charge in [0.1, 0.15) is 5.75 Å². The van der Waals surface area contributed by atoms with Crippen LogP contribution in [0.1, 0.15) is 18.9 Å². The molecule has 0 N–H and O–H groups in total. The molecule has 0 aliphatic carbocycles. The van der Waals surface area contributed by atoms with Gasteiger partial charge in [-0.25, -0.2) is 4.79 Å². The highest BCUT2D eigenvalue weighted by atomic mass is 16.6. The molecule has 0 radical (unpaired) electrons. The second kappa shape index (κ2) is 7.68. The van der Waals surface area contributed by atoms with Gasteiger partial charge in [0.15, 0.2) is 0 Å². The SMILES string of the molecule is CCOC(=O)N1CCN(CC2CCOc3ccccc3C2)CC1. The van der Waals surface area contributed by atoms with Gasteiger partial charge in [0.05, 0.1) is 13.2 Å². The van der Waals surface area contributed by atoms with E-state index in [2.05, 4.69) is 23.1 Å². The van der Waals surface area contributed by atoms with Crippen LogP contribution < -0.4 is 4.74 Å². The summed E-state index contributed by atoms with van der Waals surface area (Å²) >= 11 is 0. The number of benzene rings is 1. The van der Waals surface area contributed by atoms with E-state index in [0.717, 1.165) is 57.9 Å². The van der Waals surface area contributed by atoms with Crippen LogP contribution >= 0.6 is 0 Å². The summed E-state index contributed by atoms with van der Waals surface area (Å²) < 4.78 is 10.9. The summed E-state index contributed by atoms with van der Waals surface area (Å²) in [7, 11) is 0. The predicted octanol–water partition coefficient (Wildman–Crippen LogP) is 2.40. The third-order valence-electron chi connectivity index (χ3n) is 4.68. The maximum absolute atomic E-state index is 11.7. The zero-order valence-electron chi connectivity index (χ0n) is 13.9. The summed E-state index contributed by atoms with van der Waals surface area (Å²) in [6.07, 6.45) is 1.99. The van der Waals surface area contributed by atoms with Crippen LogP contribution in [-0.2, 0) is 11.2 Å². The van der Waals surface area contributed by atoms with Gasteiger partial charge in [-0.2, -0.15) is 0 Å². The fourth-order valence-corrected chi connectivity index (χ4v) is 3.41. The first-order valence-corrected chi connectivity index (χ1v) is 8.61. The summed E-state index contributed by atoms with van der Waals surface area (Å²) in [5.74, 6) is 1.66. The Morgan fingerprint density at radius 1 is 1.26 bits per heavy atom. The lowest BCUT2D eigenvalue weighted by Crippen LogP contribution is -2.50. The van der Waals surface area contributed by atoms with E-state index in [4.69, 9.17) is 9.47 Å². The van der Waals surface area contributed by atoms with Crippen molar-refractivity contribution in [2.75, 3.05) is 45.9 Å². The first-order chi connectivity index (χ1) is 11.3. The summed E-state index contributed by atoms with van der Waals surface area (Å²) in [5, 5.41) is 0. The Bertz CT molecular complexity index is 527. The number of amides is 1. The molecule has 1 unspecified atom stereocenters. The van der Waals surface area contributed by atoms with Gasteiger partial charge in [0.25, 0.3) is 0 Å². The van der Waals surface area contributed by atoms with Crippen molar-refractivity contribution < 1.29 is 14.3 Å². The molecule has 1 atom stereocenters. The van der Waals surface area contributed by atoms with Crippen molar-refractivity contribution in [2.45, 2.75) is 19.8 Å². The maximum Gasteiger partial charge on any atom is 0.409 e. The molecule has 0 spiro atoms. The average Bonchev–Trinajstić information content (AvgIpc) is 2.77. The largest absolute Gasteiger partial charge is 0.493 e. The molecule has 1 aromatic rings. The molecule has 1 saturated heterocycles. The Balaban J connectivity index is 1.50. The van der Waals surface area contributed by atoms with Crippen molar-refractivity contribution in [3.8, 4) is 5.75 Å². The number of para-hydroxylation sites is 1. The highest BCUT2D eigenvalue weighted by Gasteiger charge is 2.25. The van der Waals surface area contributed by atoms with Crippen molar-refractivity contribution in [2.24, 2.45) is 5.92 Å². The number of hydrogen-bond donors (Lipinski definition) is 0. The van der Waals surface area contributed by atoms with E-state index in [1.165, 1.54) is 5.56 Å². The third kappa shape index (κ3) is 4.16. The quantitative estimate of drug-likeness (QED) is 0.858. The van der Waals surface area contributed by atoms with Crippen molar-refractivity contribution in [1.29, 1.82) is 0 Å². The molecule has 23 heavy (non-hydrogen) atoms. The molecular weight excluding hydrogens is 292 g/mol. The molecule has 2 aliphatic heterocycles. The molecule has 0 saturated carbocycles. The fourth-order valence-electron chi connectivity index (χ4n) is 3.41. The Morgan fingerprint density at radius 3 is 2.83 bits per heavy atom. The summed E-state index contributed by atoms with van der Waals surface area (Å²) in [5.41, 5.74) is 1.32. The zero-order chi connectivity index (χ0) is 16.1. The van der Waals surface area contributed by atoms with E-state index in [1.54, 1.807) is 0 Å². The molecule has 3 rings (SSSR count). The Hall–Kier alpha value is -1.75. The van der Waals surface area contributed by atoms with Crippen LogP contribution in [0.15, 0.2) is 24.3 Å². The Morgan fingerprint density at radius 2 is 2.04 bits per heavy atom. The van der Waals surface area contributed by atoms with Gasteiger partial charge >= 0.3 is 6.09 Å². The van der Waals surface area contributed by atoms with E-state index in [9.17, 15) is 4.79 Å². The number of ether oxygens (including phenoxy) is 2. The van der Waals surface area contributed by atoms with E-state index in [1.807, 2.05) is 17.9 Å². The third-order valence-corrected chi connectivity index (χ3v) is 4.68. The molecule has 2 heterocycles. The topological polar surface area (TPSA) is 42.0 Å². The molecular formula is C18H26N2O3. The minimum absolute atomic E-state index is 0.177. The lowest BCUT2D eigenvalue weighted by molar-refractivity contribution is 0.0743. The second-order valence-electron chi connectivity index (χ2n) is 6.30. The smallest absolute Gasteiger partial charge is 0.409 e.